The van der Waals surface area contributed by atoms with Gasteiger partial charge in [-0.25, -0.2) is 4.98 Å². The number of nitrogens with zero attached hydrogens (tertiary/aromatic N) is 3. The van der Waals surface area contributed by atoms with Gasteiger partial charge in [0.15, 0.2) is 0 Å². The molecule has 1 fully saturated rings. The fourth-order valence-electron chi connectivity index (χ4n) is 3.80. The maximum Gasteiger partial charge on any atom is 0.122 e. The summed E-state index contributed by atoms with van der Waals surface area (Å²) in [6, 6.07) is 0. The molecule has 1 heterocycles. The predicted molar refractivity (Wildman–Crippen MR) is 78.6 cm³/mol. The first-order valence-electron chi connectivity index (χ1n) is 7.34. The summed E-state index contributed by atoms with van der Waals surface area (Å²) in [6.45, 7) is 6.33. The van der Waals surface area contributed by atoms with Crippen LogP contribution in [-0.4, -0.2) is 33.6 Å². The summed E-state index contributed by atoms with van der Waals surface area (Å²) in [5.41, 5.74) is 6.30. The first-order valence-corrected chi connectivity index (χ1v) is 7.34. The number of aromatic nitrogens is 2. The van der Waals surface area contributed by atoms with Crippen molar-refractivity contribution in [3.05, 3.63) is 18.2 Å². The molecule has 1 aliphatic rings. The molecular formula is C15H28N4. The van der Waals surface area contributed by atoms with Crippen molar-refractivity contribution in [3.8, 4) is 0 Å². The Morgan fingerprint density at radius 2 is 2.05 bits per heavy atom. The van der Waals surface area contributed by atoms with Crippen molar-refractivity contribution in [1.82, 2.24) is 14.5 Å². The lowest BCUT2D eigenvalue weighted by molar-refractivity contribution is 0.0311. The molecule has 4 nitrogen and oxygen atoms in total. The van der Waals surface area contributed by atoms with Crippen molar-refractivity contribution < 1.29 is 0 Å². The van der Waals surface area contributed by atoms with Gasteiger partial charge in [0.05, 0.1) is 6.54 Å². The Kier molecular flexibility index (Phi) is 4.31. The lowest BCUT2D eigenvalue weighted by atomic mass is 9.71. The van der Waals surface area contributed by atoms with Gasteiger partial charge in [-0.3, -0.25) is 4.90 Å². The summed E-state index contributed by atoms with van der Waals surface area (Å²) >= 11 is 0. The summed E-state index contributed by atoms with van der Waals surface area (Å²) in [5.74, 6) is 2.63. The van der Waals surface area contributed by atoms with Crippen molar-refractivity contribution in [1.29, 1.82) is 0 Å². The van der Waals surface area contributed by atoms with Crippen LogP contribution in [0.25, 0.3) is 0 Å². The number of hydrogen-bond acceptors (Lipinski definition) is 3. The second-order valence-electron chi connectivity index (χ2n) is 6.59. The van der Waals surface area contributed by atoms with E-state index in [2.05, 4.69) is 42.4 Å². The van der Waals surface area contributed by atoms with Crippen molar-refractivity contribution in [2.24, 2.45) is 24.6 Å². The van der Waals surface area contributed by atoms with Gasteiger partial charge < -0.3 is 10.3 Å². The van der Waals surface area contributed by atoms with Crippen LogP contribution in [0.3, 0.4) is 0 Å². The van der Waals surface area contributed by atoms with Gasteiger partial charge in [-0.1, -0.05) is 13.8 Å². The average molecular weight is 264 g/mol. The highest BCUT2D eigenvalue weighted by molar-refractivity contribution is 4.99. The van der Waals surface area contributed by atoms with Crippen LogP contribution in [0.4, 0.5) is 0 Å². The van der Waals surface area contributed by atoms with E-state index >= 15 is 0 Å². The van der Waals surface area contributed by atoms with E-state index in [0.717, 1.165) is 30.7 Å². The summed E-state index contributed by atoms with van der Waals surface area (Å²) in [6.07, 6.45) is 7.61. The van der Waals surface area contributed by atoms with Gasteiger partial charge in [-0.15, -0.1) is 0 Å². The normalized spacial score (nSPS) is 31.9. The van der Waals surface area contributed by atoms with Crippen LogP contribution >= 0.6 is 0 Å². The number of imidazole rings is 1. The third-order valence-corrected chi connectivity index (χ3v) is 4.75. The van der Waals surface area contributed by atoms with Gasteiger partial charge in [0.1, 0.15) is 5.82 Å². The standard InChI is InChI=1S/C15H28N4/c1-12-7-13(2)9-15(8-12,11-16)19(4)10-14-17-5-6-18(14)3/h5-6,12-13H,7-11,16H2,1-4H3. The molecule has 19 heavy (non-hydrogen) atoms. The van der Waals surface area contributed by atoms with Gasteiger partial charge in [-0.2, -0.15) is 0 Å². The number of nitrogens with two attached hydrogens (primary N) is 1. The summed E-state index contributed by atoms with van der Waals surface area (Å²) in [4.78, 5) is 6.87. The monoisotopic (exact) mass is 264 g/mol. The first kappa shape index (κ1) is 14.5. The van der Waals surface area contributed by atoms with Crippen LogP contribution in [0.5, 0.6) is 0 Å². The second-order valence-corrected chi connectivity index (χ2v) is 6.59. The molecule has 0 spiro atoms. The van der Waals surface area contributed by atoms with E-state index in [0.29, 0.717) is 0 Å². The Balaban J connectivity index is 2.14. The zero-order valence-electron chi connectivity index (χ0n) is 12.8. The molecule has 108 valence electrons. The van der Waals surface area contributed by atoms with Crippen LogP contribution in [0.1, 0.15) is 38.9 Å². The summed E-state index contributed by atoms with van der Waals surface area (Å²) < 4.78 is 2.09. The largest absolute Gasteiger partial charge is 0.337 e. The van der Waals surface area contributed by atoms with Crippen LogP contribution in [-0.2, 0) is 13.6 Å². The smallest absolute Gasteiger partial charge is 0.122 e. The van der Waals surface area contributed by atoms with Gasteiger partial charge in [-0.05, 0) is 38.1 Å². The molecule has 0 saturated heterocycles. The van der Waals surface area contributed by atoms with Crippen LogP contribution in [0, 0.1) is 11.8 Å². The maximum absolute atomic E-state index is 6.16. The molecule has 0 amide bonds. The van der Waals surface area contributed by atoms with E-state index in [1.807, 2.05) is 12.4 Å². The summed E-state index contributed by atoms with van der Waals surface area (Å²) in [5, 5.41) is 0. The topological polar surface area (TPSA) is 47.1 Å². The van der Waals surface area contributed by atoms with Crippen LogP contribution in [0.15, 0.2) is 12.4 Å². The molecule has 1 aromatic heterocycles. The zero-order chi connectivity index (χ0) is 14.0. The number of hydrogen-bond donors (Lipinski definition) is 1. The molecule has 0 radical (unpaired) electrons. The van der Waals surface area contributed by atoms with Crippen LogP contribution in [0.2, 0.25) is 0 Å². The molecule has 1 aliphatic carbocycles. The van der Waals surface area contributed by atoms with Gasteiger partial charge in [0.25, 0.3) is 0 Å². The molecule has 4 heteroatoms. The number of aryl methyl sites for hydroxylation is 1. The molecule has 2 N–H and O–H groups in total. The fourth-order valence-corrected chi connectivity index (χ4v) is 3.80. The SMILES string of the molecule is CC1CC(C)CC(CN)(N(C)Cc2nccn2C)C1. The molecule has 2 rings (SSSR count). The van der Waals surface area contributed by atoms with Gasteiger partial charge in [0, 0.05) is 31.5 Å². The van der Waals surface area contributed by atoms with E-state index < -0.39 is 0 Å². The minimum atomic E-state index is 0.142. The second kappa shape index (κ2) is 5.63. The lowest BCUT2D eigenvalue weighted by Gasteiger charge is -2.48. The minimum absolute atomic E-state index is 0.142. The Morgan fingerprint density at radius 3 is 2.53 bits per heavy atom. The predicted octanol–water partition coefficient (Wildman–Crippen LogP) is 2.01. The lowest BCUT2D eigenvalue weighted by Crippen LogP contribution is -2.55. The third kappa shape index (κ3) is 3.00. The molecule has 0 bridgehead atoms. The summed E-state index contributed by atoms with van der Waals surface area (Å²) in [7, 11) is 4.25. The maximum atomic E-state index is 6.16. The molecule has 2 atom stereocenters. The molecule has 1 saturated carbocycles. The number of likely N-dealkylation sites (N-methyl/N-ethyl adjacent to an activating group) is 1. The third-order valence-electron chi connectivity index (χ3n) is 4.75. The highest BCUT2D eigenvalue weighted by Gasteiger charge is 2.40. The highest BCUT2D eigenvalue weighted by atomic mass is 15.2. The van der Waals surface area contributed by atoms with Crippen molar-refractivity contribution in [2.75, 3.05) is 13.6 Å². The molecular weight excluding hydrogens is 236 g/mol. The zero-order valence-corrected chi connectivity index (χ0v) is 12.8. The van der Waals surface area contributed by atoms with Crippen molar-refractivity contribution >= 4 is 0 Å². The van der Waals surface area contributed by atoms with E-state index in [9.17, 15) is 0 Å². The first-order chi connectivity index (χ1) is 8.97. The van der Waals surface area contributed by atoms with Crippen molar-refractivity contribution in [3.63, 3.8) is 0 Å². The van der Waals surface area contributed by atoms with Gasteiger partial charge >= 0.3 is 0 Å². The van der Waals surface area contributed by atoms with Gasteiger partial charge in [0.2, 0.25) is 0 Å². The molecule has 2 unspecified atom stereocenters. The molecule has 1 aromatic rings. The Morgan fingerprint density at radius 1 is 1.42 bits per heavy atom. The minimum Gasteiger partial charge on any atom is -0.337 e. The Labute approximate surface area is 117 Å². The quantitative estimate of drug-likeness (QED) is 0.905. The Hall–Kier alpha value is -0.870. The molecule has 0 aliphatic heterocycles. The van der Waals surface area contributed by atoms with Crippen molar-refractivity contribution in [2.45, 2.75) is 45.2 Å². The number of rotatable bonds is 4. The fraction of sp³-hybridized carbons (Fsp3) is 0.800. The molecule has 0 aromatic carbocycles. The highest BCUT2D eigenvalue weighted by Crippen LogP contribution is 2.39. The van der Waals surface area contributed by atoms with E-state index in [1.165, 1.54) is 19.3 Å². The average Bonchev–Trinajstić information content (AvgIpc) is 2.73. The van der Waals surface area contributed by atoms with E-state index in [1.54, 1.807) is 0 Å². The van der Waals surface area contributed by atoms with E-state index in [-0.39, 0.29) is 5.54 Å². The van der Waals surface area contributed by atoms with E-state index in [4.69, 9.17) is 5.73 Å². The Bertz CT molecular complexity index is 402. The van der Waals surface area contributed by atoms with Crippen LogP contribution < -0.4 is 5.73 Å².